The molecule has 1 fully saturated rings. The third-order valence-electron chi connectivity index (χ3n) is 4.45. The molecule has 1 aromatic rings. The van der Waals surface area contributed by atoms with Crippen LogP contribution in [0.4, 0.5) is 4.79 Å². The Hall–Kier alpha value is -2.44. The zero-order valence-corrected chi connectivity index (χ0v) is 17.5. The van der Waals surface area contributed by atoms with Crippen LogP contribution in [0.15, 0.2) is 24.3 Å². The SMILES string of the molecule is CC(C)(C)OC(=O)N[C@@H](Cc1ccc(O[C@@H]2O[C@H](CO)[C@H](O)[C@H](O)[C@H]2O)cc1)C(=O)O. The first kappa shape index (κ1) is 24.8. The number of carboxylic acid groups (broad SMARTS) is 1. The molecule has 1 aliphatic heterocycles. The number of rotatable bonds is 7. The molecule has 174 valence electrons. The summed E-state index contributed by atoms with van der Waals surface area (Å²) in [6.07, 6.45) is -7.90. The van der Waals surface area contributed by atoms with E-state index in [2.05, 4.69) is 5.32 Å². The fourth-order valence-electron chi connectivity index (χ4n) is 2.89. The van der Waals surface area contributed by atoms with Gasteiger partial charge in [0.05, 0.1) is 6.61 Å². The molecule has 11 nitrogen and oxygen atoms in total. The lowest BCUT2D eigenvalue weighted by Crippen LogP contribution is -2.60. The molecule has 6 atom stereocenters. The van der Waals surface area contributed by atoms with Gasteiger partial charge in [-0.3, -0.25) is 0 Å². The van der Waals surface area contributed by atoms with Gasteiger partial charge >= 0.3 is 12.1 Å². The maximum Gasteiger partial charge on any atom is 0.408 e. The smallest absolute Gasteiger partial charge is 0.408 e. The minimum absolute atomic E-state index is 0.0189. The van der Waals surface area contributed by atoms with E-state index >= 15 is 0 Å². The van der Waals surface area contributed by atoms with E-state index in [-0.39, 0.29) is 12.2 Å². The Kier molecular flexibility index (Phi) is 8.21. The van der Waals surface area contributed by atoms with Crippen LogP contribution in [0.1, 0.15) is 26.3 Å². The fourth-order valence-corrected chi connectivity index (χ4v) is 2.89. The Morgan fingerprint density at radius 3 is 2.23 bits per heavy atom. The molecule has 6 N–H and O–H groups in total. The van der Waals surface area contributed by atoms with E-state index in [1.165, 1.54) is 12.1 Å². The molecule has 1 aromatic carbocycles. The Morgan fingerprint density at radius 1 is 1.10 bits per heavy atom. The molecule has 31 heavy (non-hydrogen) atoms. The molecule has 1 aliphatic rings. The first-order valence-electron chi connectivity index (χ1n) is 9.69. The van der Waals surface area contributed by atoms with Crippen LogP contribution >= 0.6 is 0 Å². The lowest BCUT2D eigenvalue weighted by Gasteiger charge is -2.39. The second kappa shape index (κ2) is 10.2. The van der Waals surface area contributed by atoms with Crippen molar-refractivity contribution < 1.29 is 49.3 Å². The van der Waals surface area contributed by atoms with Crippen LogP contribution in [0.3, 0.4) is 0 Å². The number of ether oxygens (including phenoxy) is 3. The minimum atomic E-state index is -1.56. The average Bonchev–Trinajstić information content (AvgIpc) is 2.67. The van der Waals surface area contributed by atoms with Gasteiger partial charge in [0.25, 0.3) is 0 Å². The van der Waals surface area contributed by atoms with Crippen molar-refractivity contribution in [2.75, 3.05) is 6.61 Å². The van der Waals surface area contributed by atoms with E-state index in [0.29, 0.717) is 5.56 Å². The molecular weight excluding hydrogens is 414 g/mol. The number of hydrogen-bond donors (Lipinski definition) is 6. The van der Waals surface area contributed by atoms with Crippen LogP contribution < -0.4 is 10.1 Å². The van der Waals surface area contributed by atoms with Crippen molar-refractivity contribution in [1.29, 1.82) is 0 Å². The standard InChI is InChI=1S/C20H29NO10/c1-20(2,3)31-19(28)21-12(17(26)27)8-10-4-6-11(7-5-10)29-18-16(25)15(24)14(23)13(9-22)30-18/h4-7,12-16,18,22-25H,8-9H2,1-3H3,(H,21,28)(H,26,27)/t12-,13+,14-,15-,16+,18+/m0/s1. The maximum absolute atomic E-state index is 11.9. The molecule has 0 aromatic heterocycles. The molecule has 0 aliphatic carbocycles. The van der Waals surface area contributed by atoms with Crippen LogP contribution in [0.2, 0.25) is 0 Å². The molecule has 1 amide bonds. The fraction of sp³-hybridized carbons (Fsp3) is 0.600. The van der Waals surface area contributed by atoms with E-state index < -0.39 is 61.0 Å². The number of carbonyl (C=O) groups excluding carboxylic acids is 1. The summed E-state index contributed by atoms with van der Waals surface area (Å²) in [4.78, 5) is 23.3. The first-order chi connectivity index (χ1) is 14.4. The van der Waals surface area contributed by atoms with Gasteiger partial charge in [0, 0.05) is 6.42 Å². The van der Waals surface area contributed by atoms with Crippen molar-refractivity contribution in [1.82, 2.24) is 5.32 Å². The second-order valence-electron chi connectivity index (χ2n) is 8.20. The molecular formula is C20H29NO10. The van der Waals surface area contributed by atoms with Crippen LogP contribution in [-0.4, -0.2) is 86.6 Å². The van der Waals surface area contributed by atoms with Crippen LogP contribution in [0, 0.1) is 0 Å². The van der Waals surface area contributed by atoms with Gasteiger partial charge in [0.1, 0.15) is 41.8 Å². The number of aliphatic hydroxyl groups is 4. The number of alkyl carbamates (subject to hydrolysis) is 1. The molecule has 0 spiro atoms. The molecule has 11 heteroatoms. The zero-order chi connectivity index (χ0) is 23.3. The quantitative estimate of drug-likeness (QED) is 0.319. The Balaban J connectivity index is 2.00. The summed E-state index contributed by atoms with van der Waals surface area (Å²) in [6.45, 7) is 4.41. The molecule has 0 saturated carbocycles. The maximum atomic E-state index is 11.9. The highest BCUT2D eigenvalue weighted by Gasteiger charge is 2.44. The number of aliphatic carboxylic acids is 1. The number of carbonyl (C=O) groups is 2. The molecule has 0 radical (unpaired) electrons. The molecule has 1 heterocycles. The van der Waals surface area contributed by atoms with Crippen LogP contribution in [0.25, 0.3) is 0 Å². The predicted molar refractivity (Wildman–Crippen MR) is 105 cm³/mol. The van der Waals surface area contributed by atoms with Crippen molar-refractivity contribution in [2.45, 2.75) is 69.5 Å². The third kappa shape index (κ3) is 7.04. The molecule has 1 saturated heterocycles. The zero-order valence-electron chi connectivity index (χ0n) is 17.5. The van der Waals surface area contributed by atoms with Gasteiger partial charge in [0.2, 0.25) is 6.29 Å². The summed E-state index contributed by atoms with van der Waals surface area (Å²) in [7, 11) is 0. The van der Waals surface area contributed by atoms with Crippen LogP contribution in [0.5, 0.6) is 5.75 Å². The van der Waals surface area contributed by atoms with Gasteiger partial charge in [-0.05, 0) is 38.5 Å². The largest absolute Gasteiger partial charge is 0.480 e. The van der Waals surface area contributed by atoms with E-state index in [0.717, 1.165) is 0 Å². The summed E-state index contributed by atoms with van der Waals surface area (Å²) in [6, 6.07) is 4.89. The average molecular weight is 443 g/mol. The van der Waals surface area contributed by atoms with Gasteiger partial charge in [-0.1, -0.05) is 12.1 Å². The highest BCUT2D eigenvalue weighted by atomic mass is 16.7. The summed E-state index contributed by atoms with van der Waals surface area (Å²) < 4.78 is 15.8. The molecule has 0 bridgehead atoms. The van der Waals surface area contributed by atoms with Gasteiger partial charge in [-0.25, -0.2) is 9.59 Å². The Bertz CT molecular complexity index is 745. The number of carboxylic acids is 1. The van der Waals surface area contributed by atoms with Crippen molar-refractivity contribution in [2.24, 2.45) is 0 Å². The number of aliphatic hydroxyl groups excluding tert-OH is 4. The monoisotopic (exact) mass is 443 g/mol. The van der Waals surface area contributed by atoms with Gasteiger partial charge in [-0.15, -0.1) is 0 Å². The summed E-state index contributed by atoms with van der Waals surface area (Å²) in [5, 5.41) is 50.5. The van der Waals surface area contributed by atoms with Gasteiger partial charge in [-0.2, -0.15) is 0 Å². The first-order valence-corrected chi connectivity index (χ1v) is 9.69. The summed E-state index contributed by atoms with van der Waals surface area (Å²) in [5.74, 6) is -0.993. The molecule has 0 unspecified atom stereocenters. The van der Waals surface area contributed by atoms with E-state index in [4.69, 9.17) is 14.2 Å². The van der Waals surface area contributed by atoms with Crippen molar-refractivity contribution in [3.05, 3.63) is 29.8 Å². The van der Waals surface area contributed by atoms with Gasteiger partial charge in [0.15, 0.2) is 0 Å². The van der Waals surface area contributed by atoms with E-state index in [1.54, 1.807) is 32.9 Å². The molecule has 2 rings (SSSR count). The topological polar surface area (TPSA) is 175 Å². The minimum Gasteiger partial charge on any atom is -0.480 e. The number of hydrogen-bond acceptors (Lipinski definition) is 9. The lowest BCUT2D eigenvalue weighted by atomic mass is 9.99. The van der Waals surface area contributed by atoms with Gasteiger partial charge < -0.3 is 45.1 Å². The van der Waals surface area contributed by atoms with E-state index in [9.17, 15) is 35.1 Å². The Labute approximate surface area is 179 Å². The third-order valence-corrected chi connectivity index (χ3v) is 4.45. The van der Waals surface area contributed by atoms with E-state index in [1.807, 2.05) is 0 Å². The summed E-state index contributed by atoms with van der Waals surface area (Å²) in [5.41, 5.74) is -0.194. The van der Waals surface area contributed by atoms with Crippen molar-refractivity contribution >= 4 is 12.1 Å². The number of benzene rings is 1. The van der Waals surface area contributed by atoms with Crippen LogP contribution in [-0.2, 0) is 20.7 Å². The lowest BCUT2D eigenvalue weighted by molar-refractivity contribution is -0.277. The number of amides is 1. The van der Waals surface area contributed by atoms with Crippen molar-refractivity contribution in [3.63, 3.8) is 0 Å². The van der Waals surface area contributed by atoms with Crippen molar-refractivity contribution in [3.8, 4) is 5.75 Å². The highest BCUT2D eigenvalue weighted by Crippen LogP contribution is 2.24. The highest BCUT2D eigenvalue weighted by molar-refractivity contribution is 5.80. The Morgan fingerprint density at radius 2 is 1.71 bits per heavy atom. The predicted octanol–water partition coefficient (Wildman–Crippen LogP) is -0.614. The normalized spacial score (nSPS) is 27.3. The summed E-state index contributed by atoms with van der Waals surface area (Å²) >= 11 is 0. The second-order valence-corrected chi connectivity index (χ2v) is 8.20. The number of nitrogens with one attached hydrogen (secondary N) is 1.